The van der Waals surface area contributed by atoms with Gasteiger partial charge < -0.3 is 19.5 Å². The number of anilines is 2. The Labute approximate surface area is 215 Å². The molecule has 1 saturated heterocycles. The van der Waals surface area contributed by atoms with Crippen LogP contribution in [-0.2, 0) is 9.59 Å². The first-order chi connectivity index (χ1) is 16.8. The third kappa shape index (κ3) is 6.08. The van der Waals surface area contributed by atoms with Gasteiger partial charge in [0.25, 0.3) is 0 Å². The van der Waals surface area contributed by atoms with Crippen LogP contribution < -0.4 is 10.2 Å². The molecule has 2 heterocycles. The van der Waals surface area contributed by atoms with Gasteiger partial charge in [-0.2, -0.15) is 0 Å². The molecule has 2 amide bonds. The number of piperazine rings is 1. The SMILES string of the molecule is CC(C)C(=O)N1CCN(c2ccc(NC(=O)C=Cc3ccc(-c4cccc(Cl)c4Cl)o3)cc2)CC1. The number of carbonyl (C=O) groups is 2. The highest BCUT2D eigenvalue weighted by atomic mass is 35.5. The summed E-state index contributed by atoms with van der Waals surface area (Å²) in [6.07, 6.45) is 3.02. The van der Waals surface area contributed by atoms with Crippen molar-refractivity contribution >= 4 is 52.5 Å². The normalized spacial score (nSPS) is 14.1. The van der Waals surface area contributed by atoms with E-state index in [1.807, 2.05) is 49.1 Å². The quantitative estimate of drug-likeness (QED) is 0.399. The molecule has 1 aliphatic rings. The molecule has 0 unspecified atom stereocenters. The van der Waals surface area contributed by atoms with Crippen LogP contribution in [0.3, 0.4) is 0 Å². The van der Waals surface area contributed by atoms with Crippen molar-refractivity contribution in [2.45, 2.75) is 13.8 Å². The van der Waals surface area contributed by atoms with Gasteiger partial charge in [-0.25, -0.2) is 0 Å². The average Bonchev–Trinajstić information content (AvgIpc) is 3.33. The number of carbonyl (C=O) groups excluding carboxylic acids is 2. The van der Waals surface area contributed by atoms with Crippen molar-refractivity contribution in [3.05, 3.63) is 76.5 Å². The van der Waals surface area contributed by atoms with Crippen LogP contribution in [0.5, 0.6) is 0 Å². The lowest BCUT2D eigenvalue weighted by Gasteiger charge is -2.37. The van der Waals surface area contributed by atoms with Gasteiger partial charge in [0, 0.05) is 55.1 Å². The van der Waals surface area contributed by atoms with Crippen LogP contribution in [-0.4, -0.2) is 42.9 Å². The number of benzene rings is 2. The zero-order valence-electron chi connectivity index (χ0n) is 19.6. The van der Waals surface area contributed by atoms with Crippen molar-refractivity contribution in [2.24, 2.45) is 5.92 Å². The van der Waals surface area contributed by atoms with Gasteiger partial charge in [-0.1, -0.05) is 43.1 Å². The lowest BCUT2D eigenvalue weighted by molar-refractivity contribution is -0.134. The highest BCUT2D eigenvalue weighted by Crippen LogP contribution is 2.34. The first kappa shape index (κ1) is 24.9. The molecule has 0 radical (unpaired) electrons. The number of halogens is 2. The van der Waals surface area contributed by atoms with Crippen molar-refractivity contribution in [1.82, 2.24) is 4.90 Å². The summed E-state index contributed by atoms with van der Waals surface area (Å²) in [5.41, 5.74) is 2.46. The van der Waals surface area contributed by atoms with Gasteiger partial charge in [-0.3, -0.25) is 9.59 Å². The van der Waals surface area contributed by atoms with Gasteiger partial charge in [-0.15, -0.1) is 0 Å². The van der Waals surface area contributed by atoms with E-state index in [9.17, 15) is 9.59 Å². The van der Waals surface area contributed by atoms with Crippen molar-refractivity contribution in [2.75, 3.05) is 36.4 Å². The number of hydrogen-bond acceptors (Lipinski definition) is 4. The third-order valence-corrected chi connectivity index (χ3v) is 6.65. The zero-order valence-corrected chi connectivity index (χ0v) is 21.1. The predicted octanol–water partition coefficient (Wildman–Crippen LogP) is 6.21. The van der Waals surface area contributed by atoms with Crippen LogP contribution in [0, 0.1) is 5.92 Å². The highest BCUT2D eigenvalue weighted by Gasteiger charge is 2.22. The Morgan fingerprint density at radius 2 is 1.69 bits per heavy atom. The molecule has 0 spiro atoms. The Hall–Kier alpha value is -3.22. The van der Waals surface area contributed by atoms with Crippen LogP contribution in [0.25, 0.3) is 17.4 Å². The summed E-state index contributed by atoms with van der Waals surface area (Å²) in [5, 5.41) is 3.73. The van der Waals surface area contributed by atoms with Gasteiger partial charge in [0.15, 0.2) is 0 Å². The van der Waals surface area contributed by atoms with Crippen LogP contribution >= 0.6 is 23.2 Å². The number of hydrogen-bond donors (Lipinski definition) is 1. The third-order valence-electron chi connectivity index (χ3n) is 5.83. The second-order valence-electron chi connectivity index (χ2n) is 8.64. The maximum Gasteiger partial charge on any atom is 0.248 e. The van der Waals surface area contributed by atoms with Gasteiger partial charge >= 0.3 is 0 Å². The van der Waals surface area contributed by atoms with Crippen LogP contribution in [0.1, 0.15) is 19.6 Å². The van der Waals surface area contributed by atoms with E-state index in [0.717, 1.165) is 31.9 Å². The Bertz CT molecular complexity index is 1230. The molecule has 1 aromatic heterocycles. The standard InChI is InChI=1S/C27H27Cl2N3O3/c1-18(2)27(34)32-16-14-31(15-17-32)20-8-6-19(7-9-20)30-25(33)13-11-21-10-12-24(35-21)22-4-3-5-23(28)26(22)29/h3-13,18H,14-17H2,1-2H3,(H,30,33). The van der Waals surface area contributed by atoms with Crippen molar-refractivity contribution in [3.63, 3.8) is 0 Å². The van der Waals surface area contributed by atoms with Gasteiger partial charge in [0.05, 0.1) is 10.0 Å². The summed E-state index contributed by atoms with van der Waals surface area (Å²) < 4.78 is 5.78. The Morgan fingerprint density at radius 3 is 2.37 bits per heavy atom. The van der Waals surface area contributed by atoms with E-state index in [4.69, 9.17) is 27.6 Å². The molecule has 0 atom stereocenters. The second kappa shape index (κ2) is 11.0. The monoisotopic (exact) mass is 511 g/mol. The Kier molecular flexibility index (Phi) is 7.83. The number of nitrogens with one attached hydrogen (secondary N) is 1. The maximum atomic E-state index is 12.4. The molecular weight excluding hydrogens is 485 g/mol. The summed E-state index contributed by atoms with van der Waals surface area (Å²) in [6, 6.07) is 16.6. The van der Waals surface area contributed by atoms with E-state index >= 15 is 0 Å². The van der Waals surface area contributed by atoms with Gasteiger partial charge in [0.1, 0.15) is 11.5 Å². The molecule has 8 heteroatoms. The van der Waals surface area contributed by atoms with E-state index in [1.54, 1.807) is 30.3 Å². The fourth-order valence-corrected chi connectivity index (χ4v) is 4.32. The molecule has 2 aromatic carbocycles. The zero-order chi connectivity index (χ0) is 24.9. The largest absolute Gasteiger partial charge is 0.457 e. The molecular formula is C27H27Cl2N3O3. The van der Waals surface area contributed by atoms with Gasteiger partial charge in [0.2, 0.25) is 11.8 Å². The molecule has 0 aliphatic carbocycles. The number of furan rings is 1. The molecule has 182 valence electrons. The average molecular weight is 512 g/mol. The maximum absolute atomic E-state index is 12.4. The first-order valence-corrected chi connectivity index (χ1v) is 12.2. The molecule has 6 nitrogen and oxygen atoms in total. The molecule has 0 saturated carbocycles. The highest BCUT2D eigenvalue weighted by molar-refractivity contribution is 6.43. The molecule has 1 N–H and O–H groups in total. The van der Waals surface area contributed by atoms with Crippen LogP contribution in [0.2, 0.25) is 10.0 Å². The molecule has 1 fully saturated rings. The van der Waals surface area contributed by atoms with E-state index < -0.39 is 0 Å². The number of nitrogens with zero attached hydrogens (tertiary/aromatic N) is 2. The summed E-state index contributed by atoms with van der Waals surface area (Å²) >= 11 is 12.3. The Balaban J connectivity index is 1.31. The van der Waals surface area contributed by atoms with E-state index in [-0.39, 0.29) is 17.7 Å². The van der Waals surface area contributed by atoms with E-state index in [2.05, 4.69) is 10.2 Å². The lowest BCUT2D eigenvalue weighted by Crippen LogP contribution is -2.49. The smallest absolute Gasteiger partial charge is 0.248 e. The predicted molar refractivity (Wildman–Crippen MR) is 142 cm³/mol. The lowest BCUT2D eigenvalue weighted by atomic mass is 10.1. The van der Waals surface area contributed by atoms with Crippen molar-refractivity contribution in [3.8, 4) is 11.3 Å². The van der Waals surface area contributed by atoms with Crippen molar-refractivity contribution < 1.29 is 14.0 Å². The second-order valence-corrected chi connectivity index (χ2v) is 9.43. The topological polar surface area (TPSA) is 65.8 Å². The Morgan fingerprint density at radius 1 is 0.971 bits per heavy atom. The summed E-state index contributed by atoms with van der Waals surface area (Å²) in [7, 11) is 0. The van der Waals surface area contributed by atoms with Crippen LogP contribution in [0.15, 0.2) is 65.1 Å². The summed E-state index contributed by atoms with van der Waals surface area (Å²) in [6.45, 7) is 6.88. The van der Waals surface area contributed by atoms with E-state index in [0.29, 0.717) is 32.8 Å². The minimum absolute atomic E-state index is 0.0230. The fourth-order valence-electron chi connectivity index (χ4n) is 3.93. The molecule has 3 aromatic rings. The summed E-state index contributed by atoms with van der Waals surface area (Å²) in [4.78, 5) is 28.7. The minimum Gasteiger partial charge on any atom is -0.457 e. The molecule has 4 rings (SSSR count). The minimum atomic E-state index is -0.266. The fraction of sp³-hybridized carbons (Fsp3) is 0.259. The number of rotatable bonds is 6. The van der Waals surface area contributed by atoms with Gasteiger partial charge in [-0.05, 0) is 54.6 Å². The molecule has 0 bridgehead atoms. The van der Waals surface area contributed by atoms with E-state index in [1.165, 1.54) is 6.08 Å². The summed E-state index contributed by atoms with van der Waals surface area (Å²) in [5.74, 6) is 1.06. The van der Waals surface area contributed by atoms with Crippen LogP contribution in [0.4, 0.5) is 11.4 Å². The first-order valence-electron chi connectivity index (χ1n) is 11.5. The molecule has 35 heavy (non-hydrogen) atoms. The number of amides is 2. The molecule has 1 aliphatic heterocycles. The van der Waals surface area contributed by atoms with Crippen molar-refractivity contribution in [1.29, 1.82) is 0 Å².